The molecule has 0 aromatic heterocycles. The third kappa shape index (κ3) is 3.03. The van der Waals surface area contributed by atoms with Crippen molar-refractivity contribution in [3.8, 4) is 0 Å². The first kappa shape index (κ1) is 12.9. The van der Waals surface area contributed by atoms with Crippen molar-refractivity contribution in [1.82, 2.24) is 5.32 Å². The van der Waals surface area contributed by atoms with Gasteiger partial charge in [0.15, 0.2) is 0 Å². The monoisotopic (exact) mass is 315 g/mol. The summed E-state index contributed by atoms with van der Waals surface area (Å²) in [7, 11) is 1.62. The fourth-order valence-corrected chi connectivity index (χ4v) is 3.83. The molecule has 17 heavy (non-hydrogen) atoms. The molecule has 0 bridgehead atoms. The van der Waals surface area contributed by atoms with E-state index in [4.69, 9.17) is 4.74 Å². The van der Waals surface area contributed by atoms with Crippen molar-refractivity contribution >= 4 is 33.6 Å². The average Bonchev–Trinajstić information content (AvgIpc) is 2.64. The zero-order valence-electron chi connectivity index (χ0n) is 9.43. The van der Waals surface area contributed by atoms with Gasteiger partial charge in [-0.1, -0.05) is 46.3 Å². The van der Waals surface area contributed by atoms with E-state index < -0.39 is 0 Å². The van der Waals surface area contributed by atoms with Gasteiger partial charge in [-0.15, -0.1) is 11.8 Å². The van der Waals surface area contributed by atoms with Crippen molar-refractivity contribution in [1.29, 1.82) is 0 Å². The third-order valence-electron chi connectivity index (χ3n) is 2.66. The highest BCUT2D eigenvalue weighted by Gasteiger charge is 2.41. The number of halogens is 1. The fourth-order valence-electron chi connectivity index (χ4n) is 1.74. The van der Waals surface area contributed by atoms with Crippen LogP contribution >= 0.6 is 27.7 Å². The van der Waals surface area contributed by atoms with Gasteiger partial charge in [0.2, 0.25) is 5.91 Å². The number of carbonyl (C=O) groups is 1. The molecule has 2 rings (SSSR count). The van der Waals surface area contributed by atoms with E-state index in [0.717, 1.165) is 5.75 Å². The smallest absolute Gasteiger partial charge is 0.237 e. The lowest BCUT2D eigenvalue weighted by molar-refractivity contribution is -0.120. The van der Waals surface area contributed by atoms with E-state index in [1.54, 1.807) is 18.9 Å². The topological polar surface area (TPSA) is 38.3 Å². The quantitative estimate of drug-likeness (QED) is 0.865. The van der Waals surface area contributed by atoms with Gasteiger partial charge >= 0.3 is 0 Å². The Bertz CT molecular complexity index is 387. The second-order valence-electron chi connectivity index (χ2n) is 3.83. The highest BCUT2D eigenvalue weighted by atomic mass is 79.9. The minimum Gasteiger partial charge on any atom is -0.360 e. The number of alkyl halides is 1. The standard InChI is InChI=1S/C12H14BrNO2S/c1-16-12-10(9(13)11(15)14-12)17-7-8-5-3-2-4-6-8/h2-6,9-10,12H,7H2,1H3,(H,14,15)/t9-,10-,12+/m0/s1. The zero-order chi connectivity index (χ0) is 12.3. The molecule has 1 heterocycles. The van der Waals surface area contributed by atoms with E-state index in [9.17, 15) is 4.79 Å². The van der Waals surface area contributed by atoms with Gasteiger partial charge < -0.3 is 10.1 Å². The Labute approximate surface area is 113 Å². The highest BCUT2D eigenvalue weighted by molar-refractivity contribution is 9.10. The zero-order valence-corrected chi connectivity index (χ0v) is 11.8. The SMILES string of the molecule is CO[C@H]1NC(=O)[C@@H](Br)[C@@H]1SCc1ccccc1. The summed E-state index contributed by atoms with van der Waals surface area (Å²) in [5.74, 6) is 0.880. The molecule has 0 saturated carbocycles. The Kier molecular flexibility index (Phi) is 4.48. The van der Waals surface area contributed by atoms with E-state index in [2.05, 4.69) is 33.4 Å². The molecule has 1 aromatic rings. The molecular weight excluding hydrogens is 302 g/mol. The van der Waals surface area contributed by atoms with Crippen LogP contribution in [-0.2, 0) is 15.3 Å². The lowest BCUT2D eigenvalue weighted by Gasteiger charge is -2.18. The van der Waals surface area contributed by atoms with Crippen LogP contribution < -0.4 is 5.32 Å². The number of thioether (sulfide) groups is 1. The van der Waals surface area contributed by atoms with Crippen molar-refractivity contribution in [3.63, 3.8) is 0 Å². The molecule has 1 saturated heterocycles. The Morgan fingerprint density at radius 3 is 2.76 bits per heavy atom. The molecule has 1 N–H and O–H groups in total. The lowest BCUT2D eigenvalue weighted by Crippen LogP contribution is -2.32. The second kappa shape index (κ2) is 5.89. The van der Waals surface area contributed by atoms with E-state index >= 15 is 0 Å². The van der Waals surface area contributed by atoms with Crippen molar-refractivity contribution < 1.29 is 9.53 Å². The molecule has 0 radical (unpaired) electrons. The molecule has 0 spiro atoms. The van der Waals surface area contributed by atoms with Crippen LogP contribution in [-0.4, -0.2) is 29.3 Å². The van der Waals surface area contributed by atoms with Gasteiger partial charge in [0, 0.05) is 12.9 Å². The van der Waals surface area contributed by atoms with E-state index in [1.165, 1.54) is 5.56 Å². The molecule has 1 aliphatic heterocycles. The minimum absolute atomic E-state index is 0.00223. The third-order valence-corrected chi connectivity index (χ3v) is 5.40. The number of nitrogens with one attached hydrogen (secondary N) is 1. The van der Waals surface area contributed by atoms with Crippen molar-refractivity contribution in [3.05, 3.63) is 35.9 Å². The second-order valence-corrected chi connectivity index (χ2v) is 5.98. The number of benzene rings is 1. The van der Waals surface area contributed by atoms with Gasteiger partial charge in [-0.05, 0) is 5.56 Å². The molecule has 1 fully saturated rings. The Balaban J connectivity index is 1.96. The van der Waals surface area contributed by atoms with Crippen molar-refractivity contribution in [2.45, 2.75) is 22.1 Å². The summed E-state index contributed by atoms with van der Waals surface area (Å²) in [6, 6.07) is 10.2. The van der Waals surface area contributed by atoms with Crippen LogP contribution in [0.3, 0.4) is 0 Å². The molecule has 3 atom stereocenters. The molecule has 0 aliphatic carbocycles. The molecule has 0 unspecified atom stereocenters. The molecular formula is C12H14BrNO2S. The predicted octanol–water partition coefficient (Wildman–Crippen LogP) is 2.15. The molecule has 1 aromatic carbocycles. The van der Waals surface area contributed by atoms with Crippen LogP contribution in [0.1, 0.15) is 5.56 Å². The van der Waals surface area contributed by atoms with Gasteiger partial charge in [0.25, 0.3) is 0 Å². The van der Waals surface area contributed by atoms with Gasteiger partial charge in [0.1, 0.15) is 11.1 Å². The summed E-state index contributed by atoms with van der Waals surface area (Å²) < 4.78 is 5.27. The number of hydrogen-bond acceptors (Lipinski definition) is 3. The first-order valence-corrected chi connectivity index (χ1v) is 7.31. The van der Waals surface area contributed by atoms with Crippen LogP contribution in [0.5, 0.6) is 0 Å². The molecule has 5 heteroatoms. The van der Waals surface area contributed by atoms with E-state index in [-0.39, 0.29) is 22.2 Å². The molecule has 1 amide bonds. The first-order valence-electron chi connectivity index (χ1n) is 5.35. The summed E-state index contributed by atoms with van der Waals surface area (Å²) >= 11 is 5.14. The summed E-state index contributed by atoms with van der Waals surface area (Å²) in [4.78, 5) is 11.3. The molecule has 1 aliphatic rings. The number of amides is 1. The number of ether oxygens (including phenoxy) is 1. The maximum atomic E-state index is 11.5. The summed E-state index contributed by atoms with van der Waals surface area (Å²) in [6.45, 7) is 0. The largest absolute Gasteiger partial charge is 0.360 e. The van der Waals surface area contributed by atoms with Crippen LogP contribution in [0.4, 0.5) is 0 Å². The Hall–Kier alpha value is -0.520. The van der Waals surface area contributed by atoms with Gasteiger partial charge in [-0.3, -0.25) is 4.79 Å². The number of carbonyl (C=O) groups excluding carboxylic acids is 1. The predicted molar refractivity (Wildman–Crippen MR) is 73.2 cm³/mol. The van der Waals surface area contributed by atoms with Crippen LogP contribution in [0, 0.1) is 0 Å². The van der Waals surface area contributed by atoms with E-state index in [1.807, 2.05) is 18.2 Å². The minimum atomic E-state index is -0.208. The van der Waals surface area contributed by atoms with Crippen molar-refractivity contribution in [2.75, 3.05) is 7.11 Å². The van der Waals surface area contributed by atoms with Gasteiger partial charge in [0.05, 0.1) is 5.25 Å². The number of hydrogen-bond donors (Lipinski definition) is 1. The summed E-state index contributed by atoms with van der Waals surface area (Å²) in [6.07, 6.45) is -0.208. The van der Waals surface area contributed by atoms with Crippen LogP contribution in [0.25, 0.3) is 0 Å². The molecule has 92 valence electrons. The Morgan fingerprint density at radius 2 is 2.12 bits per heavy atom. The highest BCUT2D eigenvalue weighted by Crippen LogP contribution is 2.31. The summed E-state index contributed by atoms with van der Waals surface area (Å²) in [5.41, 5.74) is 1.26. The van der Waals surface area contributed by atoms with Gasteiger partial charge in [-0.2, -0.15) is 0 Å². The summed E-state index contributed by atoms with van der Waals surface area (Å²) in [5, 5.41) is 2.92. The van der Waals surface area contributed by atoms with E-state index in [0.29, 0.717) is 0 Å². The van der Waals surface area contributed by atoms with Crippen LogP contribution in [0.15, 0.2) is 30.3 Å². The maximum absolute atomic E-state index is 11.5. The first-order chi connectivity index (χ1) is 8.22. The lowest BCUT2D eigenvalue weighted by atomic mass is 10.2. The van der Waals surface area contributed by atoms with Crippen LogP contribution in [0.2, 0.25) is 0 Å². The van der Waals surface area contributed by atoms with Crippen molar-refractivity contribution in [2.24, 2.45) is 0 Å². The van der Waals surface area contributed by atoms with Gasteiger partial charge in [-0.25, -0.2) is 0 Å². The number of methoxy groups -OCH3 is 1. The molecule has 3 nitrogen and oxygen atoms in total. The average molecular weight is 316 g/mol. The fraction of sp³-hybridized carbons (Fsp3) is 0.417. The number of rotatable bonds is 4. The Morgan fingerprint density at radius 1 is 1.41 bits per heavy atom. The normalized spacial score (nSPS) is 28.1. The maximum Gasteiger partial charge on any atom is 0.237 e.